The maximum atomic E-state index is 6.13. The van der Waals surface area contributed by atoms with E-state index in [0.29, 0.717) is 0 Å². The monoisotopic (exact) mass is 366 g/mol. The van der Waals surface area contributed by atoms with Crippen molar-refractivity contribution in [3.8, 4) is 0 Å². The van der Waals surface area contributed by atoms with Gasteiger partial charge in [0.25, 0.3) is 0 Å². The maximum absolute atomic E-state index is 6.13. The van der Waals surface area contributed by atoms with E-state index in [-0.39, 0.29) is 18.3 Å². The van der Waals surface area contributed by atoms with Crippen LogP contribution in [0, 0.1) is 0 Å². The quantitative estimate of drug-likeness (QED) is 0.478. The average molecular weight is 365 g/mol. The Labute approximate surface area is 118 Å². The molecule has 108 valence electrons. The normalized spacial score (nSPS) is 12.6. The molecule has 0 rings (SSSR count). The Kier molecular flexibility index (Phi) is 8.76. The first-order valence-electron chi connectivity index (χ1n) is 6.83. The summed E-state index contributed by atoms with van der Waals surface area (Å²) in [4.78, 5) is 0. The van der Waals surface area contributed by atoms with E-state index in [2.05, 4.69) is 19.9 Å². The second-order valence-corrected chi connectivity index (χ2v) is 12.8. The Hall–Kier alpha value is 0.419. The van der Waals surface area contributed by atoms with E-state index in [0.717, 1.165) is 4.44 Å². The Balaban J connectivity index is 5.03. The number of hydrogen-bond acceptors (Lipinski definition) is 3. The van der Waals surface area contributed by atoms with Crippen LogP contribution in [0.5, 0.6) is 0 Å². The van der Waals surface area contributed by atoms with Crippen LogP contribution in [0.4, 0.5) is 0 Å². The zero-order valence-electron chi connectivity index (χ0n) is 13.2. The number of hydrogen-bond donors (Lipinski definition) is 0. The van der Waals surface area contributed by atoms with Gasteiger partial charge in [-0.1, -0.05) is 0 Å². The van der Waals surface area contributed by atoms with Gasteiger partial charge in [0.1, 0.15) is 0 Å². The SMILES string of the molecule is CC(C)=C[CH2][Sn]([O]C(C)C)([O]C(C)C)[O]C(C)C. The zero-order chi connectivity index (χ0) is 14.3. The zero-order valence-corrected chi connectivity index (χ0v) is 16.1. The Morgan fingerprint density at radius 1 is 0.833 bits per heavy atom. The van der Waals surface area contributed by atoms with E-state index >= 15 is 0 Å². The van der Waals surface area contributed by atoms with Gasteiger partial charge in [0.15, 0.2) is 0 Å². The summed E-state index contributed by atoms with van der Waals surface area (Å²) in [6.07, 6.45) is 2.61. The molecule has 0 atom stereocenters. The Bertz CT molecular complexity index is 229. The fourth-order valence-corrected chi connectivity index (χ4v) is 11.0. The first kappa shape index (κ1) is 18.4. The molecular weight excluding hydrogens is 335 g/mol. The number of allylic oxidation sites excluding steroid dienone is 2. The van der Waals surface area contributed by atoms with Gasteiger partial charge in [-0.2, -0.15) is 0 Å². The van der Waals surface area contributed by atoms with Crippen molar-refractivity contribution in [1.82, 2.24) is 0 Å². The third-order valence-electron chi connectivity index (χ3n) is 2.01. The molecule has 0 radical (unpaired) electrons. The molecule has 0 saturated heterocycles. The van der Waals surface area contributed by atoms with Crippen molar-refractivity contribution in [1.29, 1.82) is 0 Å². The molecule has 0 aromatic carbocycles. The predicted octanol–water partition coefficient (Wildman–Crippen LogP) is 4.17. The van der Waals surface area contributed by atoms with Crippen LogP contribution in [-0.2, 0) is 9.22 Å². The summed E-state index contributed by atoms with van der Waals surface area (Å²) < 4.78 is 19.2. The van der Waals surface area contributed by atoms with Crippen LogP contribution in [0.2, 0.25) is 4.44 Å². The molecule has 0 amide bonds. The Morgan fingerprint density at radius 2 is 1.17 bits per heavy atom. The summed E-state index contributed by atoms with van der Waals surface area (Å²) in [5.74, 6) is 0. The van der Waals surface area contributed by atoms with Crippen molar-refractivity contribution in [2.24, 2.45) is 0 Å². The predicted molar refractivity (Wildman–Crippen MR) is 78.7 cm³/mol. The van der Waals surface area contributed by atoms with Crippen LogP contribution in [-0.4, -0.2) is 37.9 Å². The van der Waals surface area contributed by atoms with Crippen LogP contribution >= 0.6 is 0 Å². The molecule has 0 aliphatic carbocycles. The van der Waals surface area contributed by atoms with Gasteiger partial charge in [-0.15, -0.1) is 0 Å². The minimum atomic E-state index is -3.47. The van der Waals surface area contributed by atoms with Crippen LogP contribution in [0.1, 0.15) is 55.4 Å². The van der Waals surface area contributed by atoms with E-state index in [1.54, 1.807) is 0 Å². The summed E-state index contributed by atoms with van der Waals surface area (Å²) in [5, 5.41) is 0. The second-order valence-electron chi connectivity index (χ2n) is 5.67. The van der Waals surface area contributed by atoms with E-state index in [1.807, 2.05) is 41.5 Å². The van der Waals surface area contributed by atoms with Crippen LogP contribution in [0.15, 0.2) is 11.6 Å². The molecule has 0 unspecified atom stereocenters. The van der Waals surface area contributed by atoms with E-state index < -0.39 is 19.6 Å². The van der Waals surface area contributed by atoms with Gasteiger partial charge in [-0.25, -0.2) is 0 Å². The minimum absolute atomic E-state index is 0.142. The molecule has 0 aromatic rings. The summed E-state index contributed by atoms with van der Waals surface area (Å²) in [5.41, 5.74) is 1.28. The molecule has 4 heteroatoms. The van der Waals surface area contributed by atoms with Crippen molar-refractivity contribution >= 4 is 19.6 Å². The van der Waals surface area contributed by atoms with Gasteiger partial charge >= 0.3 is 119 Å². The molecule has 0 aliphatic heterocycles. The van der Waals surface area contributed by atoms with Crippen LogP contribution < -0.4 is 0 Å². The van der Waals surface area contributed by atoms with Crippen molar-refractivity contribution in [3.63, 3.8) is 0 Å². The first-order valence-corrected chi connectivity index (χ1v) is 12.3. The van der Waals surface area contributed by atoms with Crippen LogP contribution in [0.25, 0.3) is 0 Å². The molecule has 3 nitrogen and oxygen atoms in total. The molecule has 0 aliphatic rings. The molecule has 0 saturated carbocycles. The van der Waals surface area contributed by atoms with Crippen molar-refractivity contribution < 1.29 is 9.22 Å². The molecule has 0 bridgehead atoms. The molecule has 0 spiro atoms. The summed E-state index contributed by atoms with van der Waals surface area (Å²) in [6.45, 7) is 16.4. The molecule has 18 heavy (non-hydrogen) atoms. The van der Waals surface area contributed by atoms with Gasteiger partial charge < -0.3 is 0 Å². The molecule has 0 N–H and O–H groups in total. The van der Waals surface area contributed by atoms with Crippen molar-refractivity contribution in [2.45, 2.75) is 78.1 Å². The number of rotatable bonds is 8. The topological polar surface area (TPSA) is 27.7 Å². The first-order chi connectivity index (χ1) is 8.17. The fourth-order valence-electron chi connectivity index (χ4n) is 1.63. The van der Waals surface area contributed by atoms with Gasteiger partial charge in [-0.05, 0) is 0 Å². The molecule has 0 aromatic heterocycles. The summed E-state index contributed by atoms with van der Waals surface area (Å²) in [7, 11) is 0. The van der Waals surface area contributed by atoms with Gasteiger partial charge in [0.05, 0.1) is 0 Å². The molecular formula is C14H30O3Sn. The summed E-state index contributed by atoms with van der Waals surface area (Å²) in [6, 6.07) is 0. The van der Waals surface area contributed by atoms with Crippen molar-refractivity contribution in [3.05, 3.63) is 11.6 Å². The van der Waals surface area contributed by atoms with Gasteiger partial charge in [0, 0.05) is 0 Å². The Morgan fingerprint density at radius 3 is 1.39 bits per heavy atom. The molecule has 0 fully saturated rings. The third kappa shape index (κ3) is 8.51. The van der Waals surface area contributed by atoms with Crippen molar-refractivity contribution in [2.75, 3.05) is 0 Å². The van der Waals surface area contributed by atoms with E-state index in [1.165, 1.54) is 5.57 Å². The van der Waals surface area contributed by atoms with Gasteiger partial charge in [-0.3, -0.25) is 0 Å². The second kappa shape index (κ2) is 8.56. The van der Waals surface area contributed by atoms with E-state index in [9.17, 15) is 0 Å². The third-order valence-corrected chi connectivity index (χ3v) is 11.1. The molecule has 0 heterocycles. The average Bonchev–Trinajstić information content (AvgIpc) is 2.11. The fraction of sp³-hybridized carbons (Fsp3) is 0.857. The van der Waals surface area contributed by atoms with Crippen LogP contribution in [0.3, 0.4) is 0 Å². The van der Waals surface area contributed by atoms with Gasteiger partial charge in [0.2, 0.25) is 0 Å². The van der Waals surface area contributed by atoms with E-state index in [4.69, 9.17) is 9.22 Å². The summed E-state index contributed by atoms with van der Waals surface area (Å²) >= 11 is -3.47. The standard InChI is InChI=1S/C5H9.3C3H7O.Sn/c1-4-5(2)3;3*1-3(2)4;/h4H,1H2,2-3H3;3*3H,1-2H3;/q;3*-1;+3.